The van der Waals surface area contributed by atoms with Crippen molar-refractivity contribution in [1.29, 1.82) is 0 Å². The second-order valence-corrected chi connectivity index (χ2v) is 5.92. The van der Waals surface area contributed by atoms with Crippen LogP contribution in [0.15, 0.2) is 28.1 Å². The monoisotopic (exact) mass is 340 g/mol. The van der Waals surface area contributed by atoms with Crippen LogP contribution in [0.25, 0.3) is 0 Å². The van der Waals surface area contributed by atoms with Crippen molar-refractivity contribution in [1.82, 2.24) is 9.78 Å². The van der Waals surface area contributed by atoms with Crippen molar-refractivity contribution in [3.63, 3.8) is 0 Å². The van der Waals surface area contributed by atoms with Gasteiger partial charge in [0.1, 0.15) is 4.47 Å². The molecule has 0 spiro atoms. The first kappa shape index (κ1) is 15.3. The second-order valence-electron chi connectivity index (χ2n) is 5.13. The van der Waals surface area contributed by atoms with Gasteiger partial charge in [0.25, 0.3) is 5.56 Å². The molecule has 1 saturated heterocycles. The van der Waals surface area contributed by atoms with Crippen LogP contribution < -0.4 is 16.2 Å². The summed E-state index contributed by atoms with van der Waals surface area (Å²) in [6.45, 7) is 6.72. The molecule has 0 aromatic carbocycles. The van der Waals surface area contributed by atoms with Gasteiger partial charge >= 0.3 is 0 Å². The van der Waals surface area contributed by atoms with E-state index >= 15 is 0 Å². The Kier molecular flexibility index (Phi) is 5.37. The number of hydrogen-bond donors (Lipinski definition) is 1. The third kappa shape index (κ3) is 3.30. The third-order valence-electron chi connectivity index (χ3n) is 3.80. The Balaban J connectivity index is 2.12. The molecule has 20 heavy (non-hydrogen) atoms. The topological polar surface area (TPSA) is 64.2 Å². The molecule has 2 N–H and O–H groups in total. The first-order valence-electron chi connectivity index (χ1n) is 6.99. The molecule has 0 radical (unpaired) electrons. The zero-order valence-corrected chi connectivity index (χ0v) is 13.2. The molecular weight excluding hydrogens is 320 g/mol. The molecule has 6 heteroatoms. The number of piperidine rings is 1. The van der Waals surface area contributed by atoms with Crippen molar-refractivity contribution in [2.24, 2.45) is 11.7 Å². The summed E-state index contributed by atoms with van der Waals surface area (Å²) in [5, 5.41) is 4.20. The molecule has 0 saturated carbocycles. The molecule has 110 valence electrons. The van der Waals surface area contributed by atoms with E-state index < -0.39 is 0 Å². The summed E-state index contributed by atoms with van der Waals surface area (Å²) in [5.41, 5.74) is 6.40. The Morgan fingerprint density at radius 3 is 2.80 bits per heavy atom. The number of aromatic nitrogens is 2. The van der Waals surface area contributed by atoms with E-state index in [1.807, 2.05) is 0 Å². The van der Waals surface area contributed by atoms with Crippen LogP contribution in [0.5, 0.6) is 0 Å². The predicted octanol–water partition coefficient (Wildman–Crippen LogP) is 1.76. The molecule has 0 atom stereocenters. The summed E-state index contributed by atoms with van der Waals surface area (Å²) in [6.07, 6.45) is 6.77. The minimum atomic E-state index is -0.105. The standard InChI is InChI=1S/C14H21BrN4O/c1-2-7-19-14(20)13(15)12(10-17-19)18-8-4-11(3-6-16)5-9-18/h2,10-11H,1,3-9,16H2. The Labute approximate surface area is 127 Å². The quantitative estimate of drug-likeness (QED) is 0.829. The van der Waals surface area contributed by atoms with Crippen molar-refractivity contribution in [3.05, 3.63) is 33.7 Å². The molecule has 0 unspecified atom stereocenters. The second kappa shape index (κ2) is 7.04. The molecular formula is C14H21BrN4O. The van der Waals surface area contributed by atoms with E-state index in [0.29, 0.717) is 16.9 Å². The molecule has 5 nitrogen and oxygen atoms in total. The lowest BCUT2D eigenvalue weighted by Gasteiger charge is -2.33. The number of allylic oxidation sites excluding steroid dienone is 1. The highest BCUT2D eigenvalue weighted by molar-refractivity contribution is 9.10. The molecule has 0 aliphatic carbocycles. The largest absolute Gasteiger partial charge is 0.369 e. The lowest BCUT2D eigenvalue weighted by Crippen LogP contribution is -2.36. The van der Waals surface area contributed by atoms with Gasteiger partial charge in [0.2, 0.25) is 0 Å². The lowest BCUT2D eigenvalue weighted by molar-refractivity contribution is 0.385. The number of nitrogens with zero attached hydrogens (tertiary/aromatic N) is 3. The average molecular weight is 341 g/mol. The summed E-state index contributed by atoms with van der Waals surface area (Å²) >= 11 is 3.41. The average Bonchev–Trinajstić information content (AvgIpc) is 2.46. The van der Waals surface area contributed by atoms with Crippen LogP contribution in [0.2, 0.25) is 0 Å². The van der Waals surface area contributed by atoms with Crippen molar-refractivity contribution in [2.75, 3.05) is 24.5 Å². The van der Waals surface area contributed by atoms with Crippen molar-refractivity contribution >= 4 is 21.6 Å². The summed E-state index contributed by atoms with van der Waals surface area (Å²) in [7, 11) is 0. The van der Waals surface area contributed by atoms with Crippen molar-refractivity contribution in [2.45, 2.75) is 25.8 Å². The van der Waals surface area contributed by atoms with Crippen LogP contribution in [0.4, 0.5) is 5.69 Å². The summed E-state index contributed by atoms with van der Waals surface area (Å²) in [5.74, 6) is 0.712. The maximum atomic E-state index is 12.2. The van der Waals surface area contributed by atoms with Gasteiger partial charge in [-0.1, -0.05) is 6.08 Å². The fraction of sp³-hybridized carbons (Fsp3) is 0.571. The van der Waals surface area contributed by atoms with E-state index in [9.17, 15) is 4.79 Å². The summed E-state index contributed by atoms with van der Waals surface area (Å²) < 4.78 is 1.99. The molecule has 2 rings (SSSR count). The van der Waals surface area contributed by atoms with E-state index in [1.165, 1.54) is 4.68 Å². The van der Waals surface area contributed by atoms with Crippen LogP contribution in [-0.4, -0.2) is 29.4 Å². The Hall–Kier alpha value is -1.14. The fourth-order valence-electron chi connectivity index (χ4n) is 2.63. The molecule has 1 aliphatic rings. The van der Waals surface area contributed by atoms with E-state index in [-0.39, 0.29) is 5.56 Å². The fourth-order valence-corrected chi connectivity index (χ4v) is 3.19. The zero-order valence-electron chi connectivity index (χ0n) is 11.6. The van der Waals surface area contributed by atoms with Crippen LogP contribution in [-0.2, 0) is 6.54 Å². The minimum Gasteiger partial charge on any atom is -0.369 e. The van der Waals surface area contributed by atoms with Crippen LogP contribution >= 0.6 is 15.9 Å². The molecule has 1 aromatic rings. The highest BCUT2D eigenvalue weighted by atomic mass is 79.9. The molecule has 0 bridgehead atoms. The van der Waals surface area contributed by atoms with Crippen LogP contribution in [0, 0.1) is 5.92 Å². The van der Waals surface area contributed by atoms with Gasteiger partial charge < -0.3 is 10.6 Å². The van der Waals surface area contributed by atoms with Gasteiger partial charge in [-0.3, -0.25) is 4.79 Å². The number of anilines is 1. The van der Waals surface area contributed by atoms with Gasteiger partial charge in [-0.05, 0) is 47.7 Å². The zero-order chi connectivity index (χ0) is 14.5. The van der Waals surface area contributed by atoms with E-state index in [1.54, 1.807) is 12.3 Å². The first-order valence-corrected chi connectivity index (χ1v) is 7.78. The van der Waals surface area contributed by atoms with E-state index in [2.05, 4.69) is 32.5 Å². The van der Waals surface area contributed by atoms with Crippen molar-refractivity contribution in [3.8, 4) is 0 Å². The van der Waals surface area contributed by atoms with Gasteiger partial charge in [0.05, 0.1) is 18.4 Å². The number of halogens is 1. The summed E-state index contributed by atoms with van der Waals surface area (Å²) in [4.78, 5) is 14.4. The predicted molar refractivity (Wildman–Crippen MR) is 85.0 cm³/mol. The lowest BCUT2D eigenvalue weighted by atomic mass is 9.93. The molecule has 2 heterocycles. The number of nitrogens with two attached hydrogens (primary N) is 1. The van der Waals surface area contributed by atoms with E-state index in [4.69, 9.17) is 5.73 Å². The summed E-state index contributed by atoms with van der Waals surface area (Å²) in [6, 6.07) is 0. The minimum absolute atomic E-state index is 0.105. The number of rotatable bonds is 5. The Morgan fingerprint density at radius 1 is 1.50 bits per heavy atom. The van der Waals surface area contributed by atoms with Crippen LogP contribution in [0.3, 0.4) is 0 Å². The van der Waals surface area contributed by atoms with Crippen LogP contribution in [0.1, 0.15) is 19.3 Å². The SMILES string of the molecule is C=CCn1ncc(N2CCC(CCN)CC2)c(Br)c1=O. The normalized spacial score (nSPS) is 16.4. The molecule has 1 aromatic heterocycles. The number of hydrogen-bond acceptors (Lipinski definition) is 4. The third-order valence-corrected chi connectivity index (χ3v) is 4.54. The maximum absolute atomic E-state index is 12.2. The highest BCUT2D eigenvalue weighted by Gasteiger charge is 2.21. The smallest absolute Gasteiger partial charge is 0.283 e. The van der Waals surface area contributed by atoms with E-state index in [0.717, 1.165) is 44.6 Å². The van der Waals surface area contributed by atoms with Gasteiger partial charge in [-0.25, -0.2) is 4.68 Å². The van der Waals surface area contributed by atoms with Gasteiger partial charge in [0, 0.05) is 13.1 Å². The molecule has 1 fully saturated rings. The van der Waals surface area contributed by atoms with Gasteiger partial charge in [0.15, 0.2) is 0 Å². The van der Waals surface area contributed by atoms with Gasteiger partial charge in [-0.15, -0.1) is 6.58 Å². The Morgan fingerprint density at radius 2 is 2.20 bits per heavy atom. The maximum Gasteiger partial charge on any atom is 0.283 e. The highest BCUT2D eigenvalue weighted by Crippen LogP contribution is 2.27. The van der Waals surface area contributed by atoms with Crippen molar-refractivity contribution < 1.29 is 0 Å². The molecule has 1 aliphatic heterocycles. The first-order chi connectivity index (χ1) is 9.67. The Bertz CT molecular complexity index is 520. The molecule has 0 amide bonds. The van der Waals surface area contributed by atoms with Gasteiger partial charge in [-0.2, -0.15) is 5.10 Å².